The van der Waals surface area contributed by atoms with E-state index in [9.17, 15) is 4.79 Å². The van der Waals surface area contributed by atoms with Crippen LogP contribution in [0.15, 0.2) is 78.9 Å². The lowest BCUT2D eigenvalue weighted by Crippen LogP contribution is -2.21. The minimum Gasteiger partial charge on any atom is -0.372 e. The van der Waals surface area contributed by atoms with Gasteiger partial charge in [0.2, 0.25) is 0 Å². The van der Waals surface area contributed by atoms with Crippen LogP contribution in [0.3, 0.4) is 0 Å². The average molecular weight is 427 g/mol. The van der Waals surface area contributed by atoms with E-state index in [1.807, 2.05) is 30.3 Å². The summed E-state index contributed by atoms with van der Waals surface area (Å²) in [6, 6.07) is 27.1. The molecule has 3 aromatic rings. The molecule has 0 aliphatic heterocycles. The molecule has 0 aliphatic rings. The highest BCUT2D eigenvalue weighted by Gasteiger charge is 2.15. The molecule has 166 valence electrons. The van der Waals surface area contributed by atoms with Gasteiger partial charge in [-0.2, -0.15) is 0 Å². The Balaban J connectivity index is 2.15. The Labute approximate surface area is 193 Å². The van der Waals surface area contributed by atoms with Crippen LogP contribution in [0, 0.1) is 0 Å². The molecule has 0 atom stereocenters. The predicted molar refractivity (Wildman–Crippen MR) is 138 cm³/mol. The third kappa shape index (κ3) is 5.11. The van der Waals surface area contributed by atoms with Gasteiger partial charge in [0.1, 0.15) is 0 Å². The van der Waals surface area contributed by atoms with Gasteiger partial charge in [0.25, 0.3) is 0 Å². The maximum Gasteiger partial charge on any atom is 0.151 e. The van der Waals surface area contributed by atoms with Crippen molar-refractivity contribution >= 4 is 28.8 Å². The molecular formula is C29H34N2O. The molecule has 0 N–H and O–H groups in total. The van der Waals surface area contributed by atoms with Crippen LogP contribution in [0.4, 0.5) is 11.4 Å². The maximum atomic E-state index is 12.4. The molecule has 0 spiro atoms. The number of allylic oxidation sites excluding steroid dienone is 1. The number of hydrogen-bond donors (Lipinski definition) is 0. The van der Waals surface area contributed by atoms with E-state index in [0.717, 1.165) is 54.7 Å². The van der Waals surface area contributed by atoms with Gasteiger partial charge in [-0.25, -0.2) is 0 Å². The molecule has 0 bridgehead atoms. The van der Waals surface area contributed by atoms with Gasteiger partial charge in [0.15, 0.2) is 6.29 Å². The highest BCUT2D eigenvalue weighted by molar-refractivity contribution is 6.20. The van der Waals surface area contributed by atoms with E-state index in [1.54, 1.807) is 0 Å². The third-order valence-electron chi connectivity index (χ3n) is 6.04. The summed E-state index contributed by atoms with van der Waals surface area (Å²) in [5.74, 6) is 0. The fourth-order valence-electron chi connectivity index (χ4n) is 4.22. The third-order valence-corrected chi connectivity index (χ3v) is 6.04. The molecule has 0 saturated heterocycles. The summed E-state index contributed by atoms with van der Waals surface area (Å²) in [7, 11) is 0. The Morgan fingerprint density at radius 1 is 0.594 bits per heavy atom. The Kier molecular flexibility index (Phi) is 8.27. The number of carbonyl (C=O) groups is 1. The van der Waals surface area contributed by atoms with Crippen molar-refractivity contribution in [3.05, 3.63) is 95.6 Å². The molecule has 3 heteroatoms. The van der Waals surface area contributed by atoms with Crippen molar-refractivity contribution in [1.82, 2.24) is 0 Å². The van der Waals surface area contributed by atoms with E-state index in [2.05, 4.69) is 86.0 Å². The summed E-state index contributed by atoms with van der Waals surface area (Å²) < 4.78 is 0. The van der Waals surface area contributed by atoms with Crippen LogP contribution in [0.2, 0.25) is 0 Å². The smallest absolute Gasteiger partial charge is 0.151 e. The number of benzene rings is 3. The number of aldehydes is 1. The molecule has 0 saturated carbocycles. The number of anilines is 2. The SMILES string of the molecule is CCN(CC)c1ccc(C(=C(C=O)c2ccccc2)c2ccc(N(CC)CC)cc2)cc1. The van der Waals surface area contributed by atoms with Crippen LogP contribution in [-0.4, -0.2) is 32.5 Å². The second-order valence-corrected chi connectivity index (χ2v) is 7.71. The van der Waals surface area contributed by atoms with Crippen LogP contribution in [0.1, 0.15) is 44.4 Å². The van der Waals surface area contributed by atoms with Crippen molar-refractivity contribution in [3.8, 4) is 0 Å². The molecule has 3 aromatic carbocycles. The van der Waals surface area contributed by atoms with Crippen LogP contribution in [0.25, 0.3) is 11.1 Å². The van der Waals surface area contributed by atoms with E-state index < -0.39 is 0 Å². The molecule has 0 radical (unpaired) electrons. The first-order chi connectivity index (χ1) is 15.7. The molecule has 32 heavy (non-hydrogen) atoms. The first-order valence-corrected chi connectivity index (χ1v) is 11.6. The molecular weight excluding hydrogens is 392 g/mol. The molecule has 0 aliphatic carbocycles. The van der Waals surface area contributed by atoms with Crippen LogP contribution in [-0.2, 0) is 4.79 Å². The van der Waals surface area contributed by atoms with Gasteiger partial charge in [-0.3, -0.25) is 4.79 Å². The monoisotopic (exact) mass is 426 g/mol. The Morgan fingerprint density at radius 2 is 1.00 bits per heavy atom. The second kappa shape index (κ2) is 11.3. The molecule has 3 rings (SSSR count). The largest absolute Gasteiger partial charge is 0.372 e. The van der Waals surface area contributed by atoms with Crippen molar-refractivity contribution in [1.29, 1.82) is 0 Å². The van der Waals surface area contributed by atoms with E-state index in [0.29, 0.717) is 5.57 Å². The molecule has 0 heterocycles. The fourth-order valence-corrected chi connectivity index (χ4v) is 4.22. The van der Waals surface area contributed by atoms with Crippen LogP contribution < -0.4 is 9.80 Å². The van der Waals surface area contributed by atoms with Crippen molar-refractivity contribution in [3.63, 3.8) is 0 Å². The van der Waals surface area contributed by atoms with E-state index in [1.165, 1.54) is 11.4 Å². The highest BCUT2D eigenvalue weighted by atomic mass is 16.1. The first kappa shape index (κ1) is 23.3. The summed E-state index contributed by atoms with van der Waals surface area (Å²) in [5, 5.41) is 0. The van der Waals surface area contributed by atoms with Crippen LogP contribution in [0.5, 0.6) is 0 Å². The van der Waals surface area contributed by atoms with Gasteiger partial charge in [0, 0.05) is 48.7 Å². The zero-order valence-corrected chi connectivity index (χ0v) is 19.7. The summed E-state index contributed by atoms with van der Waals surface area (Å²) in [4.78, 5) is 17.0. The van der Waals surface area contributed by atoms with Gasteiger partial charge in [-0.05, 0) is 68.7 Å². The van der Waals surface area contributed by atoms with Gasteiger partial charge in [0.05, 0.1) is 0 Å². The van der Waals surface area contributed by atoms with Crippen molar-refractivity contribution in [2.75, 3.05) is 36.0 Å². The lowest BCUT2D eigenvalue weighted by molar-refractivity contribution is -0.103. The minimum atomic E-state index is 0.705. The van der Waals surface area contributed by atoms with E-state index >= 15 is 0 Å². The fraction of sp³-hybridized carbons (Fsp3) is 0.276. The summed E-state index contributed by atoms with van der Waals surface area (Å²) >= 11 is 0. The molecule has 0 aromatic heterocycles. The summed E-state index contributed by atoms with van der Waals surface area (Å²) in [5.41, 5.74) is 7.08. The molecule has 3 nitrogen and oxygen atoms in total. The van der Waals surface area contributed by atoms with Crippen molar-refractivity contribution in [2.45, 2.75) is 27.7 Å². The normalized spacial score (nSPS) is 10.5. The summed E-state index contributed by atoms with van der Waals surface area (Å²) in [6.45, 7) is 12.5. The highest BCUT2D eigenvalue weighted by Crippen LogP contribution is 2.33. The molecule has 0 fully saturated rings. The topological polar surface area (TPSA) is 23.6 Å². The van der Waals surface area contributed by atoms with Gasteiger partial charge < -0.3 is 9.80 Å². The quantitative estimate of drug-likeness (QED) is 0.209. The molecule has 0 unspecified atom stereocenters. The standard InChI is InChI=1S/C29H34N2O/c1-5-30(6-2)26-18-14-24(15-19-26)29(28(22-32)23-12-10-9-11-13-23)25-16-20-27(21-17-25)31(7-3)8-4/h9-22H,5-8H2,1-4H3. The first-order valence-electron chi connectivity index (χ1n) is 11.6. The minimum absolute atomic E-state index is 0.705. The van der Waals surface area contributed by atoms with Gasteiger partial charge in [-0.15, -0.1) is 0 Å². The number of carbonyl (C=O) groups excluding carboxylic acids is 1. The van der Waals surface area contributed by atoms with E-state index in [4.69, 9.17) is 0 Å². The zero-order chi connectivity index (χ0) is 22.9. The average Bonchev–Trinajstić information content (AvgIpc) is 2.86. The second-order valence-electron chi connectivity index (χ2n) is 7.71. The Bertz CT molecular complexity index is 956. The maximum absolute atomic E-state index is 12.4. The van der Waals surface area contributed by atoms with Crippen molar-refractivity contribution < 1.29 is 4.79 Å². The Hall–Kier alpha value is -3.33. The summed E-state index contributed by atoms with van der Waals surface area (Å²) in [6.07, 6.45) is 0.987. The zero-order valence-electron chi connectivity index (χ0n) is 19.7. The van der Waals surface area contributed by atoms with Crippen LogP contribution >= 0.6 is 0 Å². The van der Waals surface area contributed by atoms with Gasteiger partial charge in [-0.1, -0.05) is 54.6 Å². The lowest BCUT2D eigenvalue weighted by Gasteiger charge is -2.23. The Morgan fingerprint density at radius 3 is 1.34 bits per heavy atom. The van der Waals surface area contributed by atoms with E-state index in [-0.39, 0.29) is 0 Å². The number of rotatable bonds is 10. The van der Waals surface area contributed by atoms with Crippen molar-refractivity contribution in [2.24, 2.45) is 0 Å². The number of hydrogen-bond acceptors (Lipinski definition) is 3. The number of nitrogens with zero attached hydrogens (tertiary/aromatic N) is 2. The molecule has 0 amide bonds. The predicted octanol–water partition coefficient (Wildman–Crippen LogP) is 6.54. The lowest BCUT2D eigenvalue weighted by atomic mass is 9.90. The van der Waals surface area contributed by atoms with Gasteiger partial charge >= 0.3 is 0 Å².